The van der Waals surface area contributed by atoms with Gasteiger partial charge in [-0.15, -0.1) is 24.2 Å². The summed E-state index contributed by atoms with van der Waals surface area (Å²) in [6.45, 7) is 1.98. The Morgan fingerprint density at radius 2 is 1.96 bits per heavy atom. The van der Waals surface area contributed by atoms with E-state index in [1.807, 2.05) is 18.2 Å². The minimum atomic E-state index is 0. The molecule has 0 unspecified atom stereocenters. The van der Waals surface area contributed by atoms with Crippen molar-refractivity contribution < 1.29 is 14.3 Å². The molecule has 0 spiro atoms. The average molecular weight is 361 g/mol. The lowest BCUT2D eigenvalue weighted by Crippen LogP contribution is -2.42. The van der Waals surface area contributed by atoms with E-state index in [2.05, 4.69) is 10.6 Å². The number of ether oxygens (including phenoxy) is 2. The van der Waals surface area contributed by atoms with Crippen LogP contribution >= 0.6 is 24.2 Å². The molecule has 0 radical (unpaired) electrons. The maximum Gasteiger partial charge on any atom is 0.221 e. The zero-order chi connectivity index (χ0) is 15.8. The van der Waals surface area contributed by atoms with Crippen molar-refractivity contribution in [3.8, 4) is 11.5 Å². The van der Waals surface area contributed by atoms with Gasteiger partial charge >= 0.3 is 0 Å². The summed E-state index contributed by atoms with van der Waals surface area (Å²) in [6.07, 6.45) is 2.58. The molecule has 1 aromatic carbocycles. The molecule has 0 atom stereocenters. The summed E-state index contributed by atoms with van der Waals surface area (Å²) in [5.41, 5.74) is 0. The molecule has 130 valence electrons. The third-order valence-corrected chi connectivity index (χ3v) is 4.65. The maximum absolute atomic E-state index is 11.9. The number of methoxy groups -OCH3 is 2. The minimum Gasteiger partial charge on any atom is -0.493 e. The molecule has 1 aromatic rings. The first kappa shape index (κ1) is 19.9. The van der Waals surface area contributed by atoms with Gasteiger partial charge in [-0.25, -0.2) is 0 Å². The van der Waals surface area contributed by atoms with Crippen molar-refractivity contribution >= 4 is 30.1 Å². The molecule has 1 heterocycles. The van der Waals surface area contributed by atoms with Gasteiger partial charge in [0, 0.05) is 23.1 Å². The number of piperidine rings is 1. The van der Waals surface area contributed by atoms with Gasteiger partial charge in [0.25, 0.3) is 0 Å². The third-order valence-electron chi connectivity index (χ3n) is 3.66. The van der Waals surface area contributed by atoms with Crippen molar-refractivity contribution in [2.45, 2.75) is 30.2 Å². The Bertz CT molecular complexity index is 496. The molecule has 0 aromatic heterocycles. The van der Waals surface area contributed by atoms with E-state index < -0.39 is 0 Å². The molecule has 1 aliphatic rings. The molecule has 1 amide bonds. The molecule has 1 fully saturated rings. The van der Waals surface area contributed by atoms with Crippen LogP contribution in [0.3, 0.4) is 0 Å². The van der Waals surface area contributed by atoms with E-state index in [1.165, 1.54) is 0 Å². The second kappa shape index (κ2) is 10.6. The van der Waals surface area contributed by atoms with E-state index >= 15 is 0 Å². The molecule has 23 heavy (non-hydrogen) atoms. The molecule has 7 heteroatoms. The monoisotopic (exact) mass is 360 g/mol. The van der Waals surface area contributed by atoms with Crippen molar-refractivity contribution in [1.82, 2.24) is 10.6 Å². The summed E-state index contributed by atoms with van der Waals surface area (Å²) in [7, 11) is 3.24. The molecular weight excluding hydrogens is 336 g/mol. The lowest BCUT2D eigenvalue weighted by Gasteiger charge is -2.23. The van der Waals surface area contributed by atoms with Crippen LogP contribution in [0, 0.1) is 0 Å². The summed E-state index contributed by atoms with van der Waals surface area (Å²) in [5.74, 6) is 2.33. The Morgan fingerprint density at radius 3 is 2.61 bits per heavy atom. The summed E-state index contributed by atoms with van der Waals surface area (Å²) < 4.78 is 10.5. The van der Waals surface area contributed by atoms with Gasteiger partial charge in [-0.2, -0.15) is 0 Å². The quantitative estimate of drug-likeness (QED) is 0.731. The van der Waals surface area contributed by atoms with Crippen LogP contribution in [0.1, 0.15) is 19.3 Å². The molecule has 0 saturated carbocycles. The fraction of sp³-hybridized carbons (Fsp3) is 0.562. The van der Waals surface area contributed by atoms with Crippen LogP contribution in [0.2, 0.25) is 0 Å². The predicted molar refractivity (Wildman–Crippen MR) is 96.2 cm³/mol. The normalized spacial score (nSPS) is 14.7. The topological polar surface area (TPSA) is 59.6 Å². The number of thioether (sulfide) groups is 1. The summed E-state index contributed by atoms with van der Waals surface area (Å²) in [5, 5.41) is 6.40. The third kappa shape index (κ3) is 6.49. The van der Waals surface area contributed by atoms with Gasteiger partial charge in [-0.1, -0.05) is 0 Å². The van der Waals surface area contributed by atoms with Crippen LogP contribution < -0.4 is 20.1 Å². The van der Waals surface area contributed by atoms with Crippen molar-refractivity contribution in [3.63, 3.8) is 0 Å². The largest absolute Gasteiger partial charge is 0.493 e. The highest BCUT2D eigenvalue weighted by Gasteiger charge is 2.15. The Balaban J connectivity index is 0.00000264. The zero-order valence-electron chi connectivity index (χ0n) is 13.6. The number of halogens is 1. The number of carbonyl (C=O) groups excluding carboxylic acids is 1. The SMILES string of the molecule is COc1ccc(SCCC(=O)NC2CCNCC2)cc1OC.Cl. The molecular formula is C16H25ClN2O3S. The van der Waals surface area contributed by atoms with E-state index in [0.29, 0.717) is 18.2 Å². The van der Waals surface area contributed by atoms with Crippen LogP contribution in [-0.2, 0) is 4.79 Å². The molecule has 2 N–H and O–H groups in total. The van der Waals surface area contributed by atoms with Gasteiger partial charge in [0.1, 0.15) is 0 Å². The molecule has 5 nitrogen and oxygen atoms in total. The number of carbonyl (C=O) groups is 1. The number of nitrogens with one attached hydrogen (secondary N) is 2. The Kier molecular flexibility index (Phi) is 9.21. The summed E-state index contributed by atoms with van der Waals surface area (Å²) >= 11 is 1.65. The van der Waals surface area contributed by atoms with E-state index in [4.69, 9.17) is 9.47 Å². The van der Waals surface area contributed by atoms with Crippen LogP contribution in [0.4, 0.5) is 0 Å². The zero-order valence-corrected chi connectivity index (χ0v) is 15.2. The Labute approximate surface area is 148 Å². The smallest absolute Gasteiger partial charge is 0.221 e. The van der Waals surface area contributed by atoms with Crippen LogP contribution in [-0.4, -0.2) is 45.0 Å². The minimum absolute atomic E-state index is 0. The lowest BCUT2D eigenvalue weighted by molar-refractivity contribution is -0.121. The fourth-order valence-corrected chi connectivity index (χ4v) is 3.31. The van der Waals surface area contributed by atoms with E-state index in [-0.39, 0.29) is 18.3 Å². The number of hydrogen-bond donors (Lipinski definition) is 2. The predicted octanol–water partition coefficient (Wildman–Crippen LogP) is 2.48. The van der Waals surface area contributed by atoms with Crippen molar-refractivity contribution in [3.05, 3.63) is 18.2 Å². The summed E-state index contributed by atoms with van der Waals surface area (Å²) in [4.78, 5) is 13.0. The average Bonchev–Trinajstić information content (AvgIpc) is 2.55. The number of rotatable bonds is 7. The first-order valence-corrected chi connectivity index (χ1v) is 8.56. The standard InChI is InChI=1S/C16H24N2O3S.ClH/c1-20-14-4-3-13(11-15(14)21-2)22-10-7-16(19)18-12-5-8-17-9-6-12;/h3-4,11-12,17H,5-10H2,1-2H3,(H,18,19);1H. The van der Waals surface area contributed by atoms with Crippen LogP contribution in [0.5, 0.6) is 11.5 Å². The van der Waals surface area contributed by atoms with Gasteiger partial charge in [0.05, 0.1) is 14.2 Å². The molecule has 1 saturated heterocycles. The molecule has 1 aliphatic heterocycles. The number of hydrogen-bond acceptors (Lipinski definition) is 5. The lowest BCUT2D eigenvalue weighted by atomic mass is 10.1. The van der Waals surface area contributed by atoms with Gasteiger partial charge in [0.2, 0.25) is 5.91 Å². The highest BCUT2D eigenvalue weighted by atomic mass is 35.5. The molecule has 0 bridgehead atoms. The van der Waals surface area contributed by atoms with E-state index in [1.54, 1.807) is 26.0 Å². The number of amides is 1. The Morgan fingerprint density at radius 1 is 1.26 bits per heavy atom. The second-order valence-corrected chi connectivity index (χ2v) is 6.38. The Hall–Kier alpha value is -1.11. The van der Waals surface area contributed by atoms with Gasteiger partial charge in [-0.3, -0.25) is 4.79 Å². The number of benzene rings is 1. The van der Waals surface area contributed by atoms with Gasteiger partial charge in [0.15, 0.2) is 11.5 Å². The first-order valence-electron chi connectivity index (χ1n) is 7.58. The highest BCUT2D eigenvalue weighted by Crippen LogP contribution is 2.31. The van der Waals surface area contributed by atoms with Gasteiger partial charge < -0.3 is 20.1 Å². The van der Waals surface area contributed by atoms with Crippen molar-refractivity contribution in [1.29, 1.82) is 0 Å². The molecule has 0 aliphatic carbocycles. The highest BCUT2D eigenvalue weighted by molar-refractivity contribution is 7.99. The van der Waals surface area contributed by atoms with Gasteiger partial charge in [-0.05, 0) is 44.1 Å². The van der Waals surface area contributed by atoms with E-state index in [0.717, 1.165) is 42.3 Å². The van der Waals surface area contributed by atoms with Crippen molar-refractivity contribution in [2.75, 3.05) is 33.1 Å². The molecule has 2 rings (SSSR count). The maximum atomic E-state index is 11.9. The fourth-order valence-electron chi connectivity index (χ4n) is 2.43. The van der Waals surface area contributed by atoms with Crippen LogP contribution in [0.15, 0.2) is 23.1 Å². The first-order chi connectivity index (χ1) is 10.7. The summed E-state index contributed by atoms with van der Waals surface area (Å²) in [6, 6.07) is 6.14. The second-order valence-electron chi connectivity index (χ2n) is 5.21. The van der Waals surface area contributed by atoms with E-state index in [9.17, 15) is 4.79 Å². The van der Waals surface area contributed by atoms with Crippen molar-refractivity contribution in [2.24, 2.45) is 0 Å². The van der Waals surface area contributed by atoms with Crippen LogP contribution in [0.25, 0.3) is 0 Å².